The van der Waals surface area contributed by atoms with Crippen molar-refractivity contribution in [2.45, 2.75) is 59.5 Å². The number of aromatic nitrogens is 3. The SMILES string of the molecule is CCN(C(=O)c1cc(F)ccc1Oc1nncnc1N1CCC2(C1)CN(C(CCN(C)CCOC)C(C)C)C2)C(C)C. The van der Waals surface area contributed by atoms with Crippen LogP contribution in [0.15, 0.2) is 24.5 Å². The maximum atomic E-state index is 14.3. The van der Waals surface area contributed by atoms with E-state index in [4.69, 9.17) is 9.47 Å². The molecule has 42 heavy (non-hydrogen) atoms. The van der Waals surface area contributed by atoms with Crippen LogP contribution in [0.1, 0.15) is 57.8 Å². The predicted octanol–water partition coefficient (Wildman–Crippen LogP) is 4.18. The van der Waals surface area contributed by atoms with E-state index in [0.29, 0.717) is 24.3 Å². The summed E-state index contributed by atoms with van der Waals surface area (Å²) in [6.45, 7) is 17.4. The molecule has 2 fully saturated rings. The Bertz CT molecular complexity index is 1190. The third-order valence-corrected chi connectivity index (χ3v) is 8.71. The Hall–Kier alpha value is -2.89. The first-order valence-corrected chi connectivity index (χ1v) is 15.2. The molecule has 0 saturated carbocycles. The average molecular weight is 586 g/mol. The molecule has 11 heteroatoms. The third kappa shape index (κ3) is 7.36. The zero-order chi connectivity index (χ0) is 30.4. The fraction of sp³-hybridized carbons (Fsp3) is 0.677. The van der Waals surface area contributed by atoms with E-state index < -0.39 is 5.82 Å². The standard InChI is InChI=1S/C31H48FN7O3/c1-8-39(23(4)5)30(40)25-17-24(32)9-10-27(25)42-29-28(33-21-34-35-29)37-14-12-31(18-37)19-38(20-31)26(22(2)3)11-13-36(6)15-16-41-7/h9-10,17,21-23,26H,8,11-16,18-20H2,1-7H3. The molecule has 2 aliphatic heterocycles. The fourth-order valence-corrected chi connectivity index (χ4v) is 6.38. The van der Waals surface area contributed by atoms with E-state index in [9.17, 15) is 9.18 Å². The molecule has 1 atom stereocenters. The molecule has 1 unspecified atom stereocenters. The number of amides is 1. The van der Waals surface area contributed by atoms with Crippen LogP contribution in [0.2, 0.25) is 0 Å². The number of likely N-dealkylation sites (tertiary alicyclic amines) is 1. The molecule has 0 bridgehead atoms. The highest BCUT2D eigenvalue weighted by molar-refractivity contribution is 5.97. The minimum Gasteiger partial charge on any atom is -0.434 e. The third-order valence-electron chi connectivity index (χ3n) is 8.71. The van der Waals surface area contributed by atoms with Gasteiger partial charge in [0, 0.05) is 63.9 Å². The largest absolute Gasteiger partial charge is 0.434 e. The summed E-state index contributed by atoms with van der Waals surface area (Å²) in [6, 6.07) is 4.48. The van der Waals surface area contributed by atoms with Gasteiger partial charge in [0.1, 0.15) is 17.9 Å². The molecule has 232 valence electrons. The van der Waals surface area contributed by atoms with Crippen LogP contribution in [0.3, 0.4) is 0 Å². The smallest absolute Gasteiger partial charge is 0.282 e. The summed E-state index contributed by atoms with van der Waals surface area (Å²) >= 11 is 0. The number of hydrogen-bond donors (Lipinski definition) is 0. The van der Waals surface area contributed by atoms with Crippen molar-refractivity contribution < 1.29 is 18.7 Å². The lowest BCUT2D eigenvalue weighted by atomic mass is 9.76. The van der Waals surface area contributed by atoms with Crippen LogP contribution >= 0.6 is 0 Å². The number of rotatable bonds is 14. The molecule has 2 saturated heterocycles. The Kier molecular flexibility index (Phi) is 10.7. The van der Waals surface area contributed by atoms with Gasteiger partial charge in [0.15, 0.2) is 5.82 Å². The van der Waals surface area contributed by atoms with Crippen LogP contribution in [-0.4, -0.2) is 114 Å². The van der Waals surface area contributed by atoms with Gasteiger partial charge in [-0.15, -0.1) is 10.2 Å². The highest BCUT2D eigenvalue weighted by Gasteiger charge is 2.50. The van der Waals surface area contributed by atoms with Crippen LogP contribution in [-0.2, 0) is 4.74 Å². The monoisotopic (exact) mass is 585 g/mol. The van der Waals surface area contributed by atoms with Crippen molar-refractivity contribution in [2.24, 2.45) is 11.3 Å². The van der Waals surface area contributed by atoms with Crippen molar-refractivity contribution in [3.05, 3.63) is 35.9 Å². The van der Waals surface area contributed by atoms with Gasteiger partial charge in [-0.05, 0) is 71.3 Å². The Morgan fingerprint density at radius 1 is 1.17 bits per heavy atom. The zero-order valence-corrected chi connectivity index (χ0v) is 26.3. The lowest BCUT2D eigenvalue weighted by Crippen LogP contribution is -2.62. The molecule has 4 rings (SSSR count). The quantitative estimate of drug-likeness (QED) is 0.324. The average Bonchev–Trinajstić information content (AvgIpc) is 3.38. The Balaban J connectivity index is 1.44. The van der Waals surface area contributed by atoms with E-state index in [2.05, 4.69) is 50.8 Å². The summed E-state index contributed by atoms with van der Waals surface area (Å²) in [7, 11) is 3.91. The Morgan fingerprint density at radius 3 is 2.60 bits per heavy atom. The maximum Gasteiger partial charge on any atom is 0.282 e. The summed E-state index contributed by atoms with van der Waals surface area (Å²) in [6.07, 6.45) is 3.62. The summed E-state index contributed by atoms with van der Waals surface area (Å²) in [4.78, 5) is 26.7. The van der Waals surface area contributed by atoms with Gasteiger partial charge in [-0.1, -0.05) is 13.8 Å². The second kappa shape index (κ2) is 14.1. The highest BCUT2D eigenvalue weighted by atomic mass is 19.1. The number of likely N-dealkylation sites (N-methyl/N-ethyl adjacent to an activating group) is 1. The van der Waals surface area contributed by atoms with Crippen molar-refractivity contribution in [3.8, 4) is 11.6 Å². The van der Waals surface area contributed by atoms with Gasteiger partial charge in [0.05, 0.1) is 12.2 Å². The number of nitrogens with zero attached hydrogens (tertiary/aromatic N) is 7. The van der Waals surface area contributed by atoms with Crippen molar-refractivity contribution in [2.75, 3.05) is 71.5 Å². The van der Waals surface area contributed by atoms with E-state index in [1.54, 1.807) is 12.0 Å². The molecule has 0 radical (unpaired) electrons. The van der Waals surface area contributed by atoms with E-state index in [1.165, 1.54) is 24.5 Å². The number of ether oxygens (including phenoxy) is 2. The first kappa shape index (κ1) is 32.0. The Morgan fingerprint density at radius 2 is 1.93 bits per heavy atom. The first-order valence-electron chi connectivity index (χ1n) is 15.2. The van der Waals surface area contributed by atoms with Gasteiger partial charge >= 0.3 is 0 Å². The second-order valence-electron chi connectivity index (χ2n) is 12.5. The van der Waals surface area contributed by atoms with Gasteiger partial charge in [0.2, 0.25) is 0 Å². The number of anilines is 1. The van der Waals surface area contributed by atoms with Crippen LogP contribution < -0.4 is 9.64 Å². The van der Waals surface area contributed by atoms with E-state index >= 15 is 0 Å². The topological polar surface area (TPSA) is 87.2 Å². The number of benzene rings is 1. The maximum absolute atomic E-state index is 14.3. The van der Waals surface area contributed by atoms with Crippen LogP contribution in [0, 0.1) is 17.2 Å². The van der Waals surface area contributed by atoms with Gasteiger partial charge in [-0.25, -0.2) is 9.37 Å². The van der Waals surface area contributed by atoms with Crippen molar-refractivity contribution in [1.29, 1.82) is 0 Å². The number of halogens is 1. The number of hydrogen-bond acceptors (Lipinski definition) is 9. The molecule has 0 aliphatic carbocycles. The van der Waals surface area contributed by atoms with Gasteiger partial charge in [0.25, 0.3) is 11.8 Å². The molecule has 1 spiro atoms. The van der Waals surface area contributed by atoms with Gasteiger partial charge in [-0.3, -0.25) is 9.69 Å². The van der Waals surface area contributed by atoms with E-state index in [1.807, 2.05) is 20.8 Å². The number of methoxy groups -OCH3 is 1. The molecular weight excluding hydrogens is 537 g/mol. The predicted molar refractivity (Wildman–Crippen MR) is 162 cm³/mol. The van der Waals surface area contributed by atoms with Crippen molar-refractivity contribution in [3.63, 3.8) is 0 Å². The molecular formula is C31H48FN7O3. The molecule has 1 aromatic carbocycles. The first-order chi connectivity index (χ1) is 20.1. The van der Waals surface area contributed by atoms with Crippen LogP contribution in [0.25, 0.3) is 0 Å². The molecule has 2 aliphatic rings. The molecule has 0 N–H and O–H groups in total. The molecule has 3 heterocycles. The minimum absolute atomic E-state index is 0.0398. The molecule has 1 aromatic heterocycles. The lowest BCUT2D eigenvalue weighted by Gasteiger charge is -2.53. The minimum atomic E-state index is -0.500. The van der Waals surface area contributed by atoms with E-state index in [0.717, 1.165) is 58.7 Å². The number of carbonyl (C=O) groups is 1. The van der Waals surface area contributed by atoms with Crippen LogP contribution in [0.4, 0.5) is 10.2 Å². The normalized spacial score (nSPS) is 17.4. The fourth-order valence-electron chi connectivity index (χ4n) is 6.38. The second-order valence-corrected chi connectivity index (χ2v) is 12.5. The van der Waals surface area contributed by atoms with Crippen molar-refractivity contribution in [1.82, 2.24) is 29.9 Å². The summed E-state index contributed by atoms with van der Waals surface area (Å²) in [5, 5.41) is 8.20. The van der Waals surface area contributed by atoms with Gasteiger partial charge < -0.3 is 24.2 Å². The molecule has 2 aromatic rings. The van der Waals surface area contributed by atoms with Gasteiger partial charge in [-0.2, -0.15) is 0 Å². The van der Waals surface area contributed by atoms with E-state index in [-0.39, 0.29) is 34.6 Å². The van der Waals surface area contributed by atoms with Crippen molar-refractivity contribution >= 4 is 11.7 Å². The summed E-state index contributed by atoms with van der Waals surface area (Å²) < 4.78 is 25.7. The summed E-state index contributed by atoms with van der Waals surface area (Å²) in [5.74, 6) is 0.842. The van der Waals surface area contributed by atoms with Crippen LogP contribution in [0.5, 0.6) is 11.6 Å². The Labute approximate surface area is 250 Å². The molecule has 10 nitrogen and oxygen atoms in total. The highest BCUT2D eigenvalue weighted by Crippen LogP contribution is 2.44. The molecule has 1 amide bonds. The zero-order valence-electron chi connectivity index (χ0n) is 26.3. The number of carbonyl (C=O) groups excluding carboxylic acids is 1. The lowest BCUT2D eigenvalue weighted by molar-refractivity contribution is -0.0356. The summed E-state index contributed by atoms with van der Waals surface area (Å²) in [5.41, 5.74) is 0.356.